The van der Waals surface area contributed by atoms with Crippen molar-refractivity contribution < 1.29 is 23.5 Å². The number of aryl methyl sites for hydroxylation is 1. The van der Waals surface area contributed by atoms with Crippen LogP contribution in [-0.4, -0.2) is 84.6 Å². The summed E-state index contributed by atoms with van der Waals surface area (Å²) in [5, 5.41) is 0. The fourth-order valence-corrected chi connectivity index (χ4v) is 5.50. The third-order valence-corrected chi connectivity index (χ3v) is 7.68. The predicted octanol–water partition coefficient (Wildman–Crippen LogP) is 3.90. The van der Waals surface area contributed by atoms with E-state index < -0.39 is 5.60 Å². The van der Waals surface area contributed by atoms with Gasteiger partial charge in [-0.15, -0.1) is 0 Å². The average Bonchev–Trinajstić information content (AvgIpc) is 2.91. The van der Waals surface area contributed by atoms with Gasteiger partial charge in [-0.05, 0) is 50.3 Å². The minimum atomic E-state index is -0.472. The van der Waals surface area contributed by atoms with Crippen LogP contribution in [0.5, 0.6) is 5.75 Å². The molecule has 2 aromatic carbocycles. The fraction of sp³-hybridized carbons (Fsp3) is 0.533. The highest BCUT2D eigenvalue weighted by Crippen LogP contribution is 2.32. The summed E-state index contributed by atoms with van der Waals surface area (Å²) in [5.41, 5.74) is 1.34. The Morgan fingerprint density at radius 1 is 0.921 bits per heavy atom. The van der Waals surface area contributed by atoms with Crippen molar-refractivity contribution in [1.29, 1.82) is 0 Å². The first-order chi connectivity index (χ1) is 18.4. The van der Waals surface area contributed by atoms with Crippen molar-refractivity contribution in [2.24, 2.45) is 0 Å². The van der Waals surface area contributed by atoms with Gasteiger partial charge in [0.15, 0.2) is 0 Å². The molecule has 0 N–H and O–H groups in total. The Morgan fingerprint density at radius 3 is 2.29 bits per heavy atom. The van der Waals surface area contributed by atoms with Crippen LogP contribution in [0, 0.1) is 5.82 Å². The topological polar surface area (TPSA) is 62.3 Å². The molecule has 0 aliphatic carbocycles. The summed E-state index contributed by atoms with van der Waals surface area (Å²) >= 11 is 0. The molecule has 7 nitrogen and oxygen atoms in total. The molecule has 2 fully saturated rings. The summed E-state index contributed by atoms with van der Waals surface area (Å²) in [7, 11) is 0. The summed E-state index contributed by atoms with van der Waals surface area (Å²) in [6, 6.07) is 15.2. The smallest absolute Gasteiger partial charge is 0.303 e. The van der Waals surface area contributed by atoms with Crippen molar-refractivity contribution in [2.45, 2.75) is 51.7 Å². The van der Waals surface area contributed by atoms with E-state index in [4.69, 9.17) is 9.47 Å². The molecule has 1 amide bonds. The first kappa shape index (κ1) is 28.0. The third-order valence-electron chi connectivity index (χ3n) is 7.68. The average molecular weight is 526 g/mol. The van der Waals surface area contributed by atoms with Crippen LogP contribution in [0.25, 0.3) is 0 Å². The molecule has 2 aromatic rings. The number of hydrogen-bond donors (Lipinski definition) is 0. The number of benzene rings is 2. The van der Waals surface area contributed by atoms with E-state index in [1.165, 1.54) is 18.6 Å². The summed E-state index contributed by atoms with van der Waals surface area (Å²) in [5.74, 6) is 0.205. The maximum atomic E-state index is 14.4. The Kier molecular flexibility index (Phi) is 9.74. The second kappa shape index (κ2) is 13.2. The molecule has 2 heterocycles. The summed E-state index contributed by atoms with van der Waals surface area (Å²) < 4.78 is 25.9. The molecule has 0 bridgehead atoms. The van der Waals surface area contributed by atoms with Gasteiger partial charge in [-0.2, -0.15) is 0 Å². The van der Waals surface area contributed by atoms with Gasteiger partial charge in [0.25, 0.3) is 0 Å². The molecule has 4 rings (SSSR count). The van der Waals surface area contributed by atoms with Crippen LogP contribution in [0.3, 0.4) is 0 Å². The minimum Gasteiger partial charge on any atom is -0.493 e. The first-order valence-electron chi connectivity index (χ1n) is 13.7. The highest BCUT2D eigenvalue weighted by molar-refractivity contribution is 5.78. The first-order valence-corrected chi connectivity index (χ1v) is 13.7. The molecule has 2 saturated heterocycles. The van der Waals surface area contributed by atoms with Crippen molar-refractivity contribution in [3.8, 4) is 5.75 Å². The van der Waals surface area contributed by atoms with E-state index in [0.717, 1.165) is 38.8 Å². The Hall–Kier alpha value is -2.97. The Bertz CT molecular complexity index is 1060. The van der Waals surface area contributed by atoms with Crippen LogP contribution in [-0.2, 0) is 27.3 Å². The van der Waals surface area contributed by atoms with Crippen LogP contribution >= 0.6 is 0 Å². The molecular formula is C30H40FN3O4. The van der Waals surface area contributed by atoms with E-state index in [9.17, 15) is 14.0 Å². The molecule has 38 heavy (non-hydrogen) atoms. The third kappa shape index (κ3) is 7.54. The second-order valence-electron chi connectivity index (χ2n) is 10.3. The zero-order chi connectivity index (χ0) is 27.0. The molecule has 206 valence electrons. The number of halogens is 1. The van der Waals surface area contributed by atoms with Gasteiger partial charge < -0.3 is 14.4 Å². The number of carbonyl (C=O) groups excluding carboxylic acids is 2. The van der Waals surface area contributed by atoms with Crippen molar-refractivity contribution in [2.75, 3.05) is 52.4 Å². The number of piperazine rings is 1. The van der Waals surface area contributed by atoms with Gasteiger partial charge in [0.05, 0.1) is 13.2 Å². The number of rotatable bonds is 10. The Labute approximate surface area is 225 Å². The van der Waals surface area contributed by atoms with Crippen molar-refractivity contribution in [3.05, 3.63) is 65.5 Å². The highest BCUT2D eigenvalue weighted by Gasteiger charge is 2.38. The quantitative estimate of drug-likeness (QED) is 0.439. The van der Waals surface area contributed by atoms with Gasteiger partial charge in [0.2, 0.25) is 5.91 Å². The molecule has 0 spiro atoms. The summed E-state index contributed by atoms with van der Waals surface area (Å²) in [4.78, 5) is 31.2. The highest BCUT2D eigenvalue weighted by atomic mass is 19.1. The molecule has 8 heteroatoms. The van der Waals surface area contributed by atoms with Gasteiger partial charge in [-0.25, -0.2) is 4.39 Å². The molecule has 0 unspecified atom stereocenters. The van der Waals surface area contributed by atoms with Crippen LogP contribution in [0.2, 0.25) is 0 Å². The SMILES string of the molecule is CCOc1cccc(F)c1CN1CCN(C(=O)CN2CCC(CCc3ccccc3)(OC(C)=O)CC2)CC1. The van der Waals surface area contributed by atoms with Gasteiger partial charge in [-0.1, -0.05) is 36.4 Å². The number of hydrogen-bond acceptors (Lipinski definition) is 6. The lowest BCUT2D eigenvalue weighted by molar-refractivity contribution is -0.164. The standard InChI is InChI=1S/C30H40FN3O4/c1-3-37-28-11-7-10-27(31)26(28)22-33-18-20-34(21-19-33)29(36)23-32-16-14-30(15-17-32,38-24(2)35)13-12-25-8-5-4-6-9-25/h4-11H,3,12-23H2,1-2H3. The molecule has 0 atom stereocenters. The lowest BCUT2D eigenvalue weighted by Gasteiger charge is -2.42. The lowest BCUT2D eigenvalue weighted by Crippen LogP contribution is -2.53. The monoisotopic (exact) mass is 525 g/mol. The number of likely N-dealkylation sites (tertiary alicyclic amines) is 1. The van der Waals surface area contributed by atoms with Gasteiger partial charge >= 0.3 is 5.97 Å². The van der Waals surface area contributed by atoms with Crippen LogP contribution in [0.15, 0.2) is 48.5 Å². The zero-order valence-corrected chi connectivity index (χ0v) is 22.7. The van der Waals surface area contributed by atoms with Crippen LogP contribution in [0.1, 0.15) is 44.2 Å². The van der Waals surface area contributed by atoms with Crippen LogP contribution in [0.4, 0.5) is 4.39 Å². The molecule has 2 aliphatic heterocycles. The number of piperidine rings is 1. The van der Waals surface area contributed by atoms with Crippen LogP contribution < -0.4 is 4.74 Å². The maximum Gasteiger partial charge on any atom is 0.303 e. The van der Waals surface area contributed by atoms with E-state index in [1.807, 2.05) is 30.0 Å². The molecule has 0 radical (unpaired) electrons. The largest absolute Gasteiger partial charge is 0.493 e. The Morgan fingerprint density at radius 2 is 1.63 bits per heavy atom. The molecule has 0 aromatic heterocycles. The van der Waals surface area contributed by atoms with Gasteiger partial charge in [0, 0.05) is 58.3 Å². The normalized spacial score (nSPS) is 18.2. The number of amides is 1. The predicted molar refractivity (Wildman–Crippen MR) is 144 cm³/mol. The van der Waals surface area contributed by atoms with Crippen molar-refractivity contribution in [1.82, 2.24) is 14.7 Å². The number of esters is 1. The van der Waals surface area contributed by atoms with E-state index in [-0.39, 0.29) is 17.7 Å². The molecule has 2 aliphatic rings. The Balaban J connectivity index is 1.24. The maximum absolute atomic E-state index is 14.4. The minimum absolute atomic E-state index is 0.120. The number of ether oxygens (including phenoxy) is 2. The van der Waals surface area contributed by atoms with E-state index in [1.54, 1.807) is 12.1 Å². The fourth-order valence-electron chi connectivity index (χ4n) is 5.50. The zero-order valence-electron chi connectivity index (χ0n) is 22.7. The van der Waals surface area contributed by atoms with Crippen molar-refractivity contribution >= 4 is 11.9 Å². The number of nitrogens with zero attached hydrogens (tertiary/aromatic N) is 3. The summed E-state index contributed by atoms with van der Waals surface area (Å²) in [6.07, 6.45) is 3.10. The lowest BCUT2D eigenvalue weighted by atomic mass is 9.85. The van der Waals surface area contributed by atoms with E-state index >= 15 is 0 Å². The molecular weight excluding hydrogens is 485 g/mol. The van der Waals surface area contributed by atoms with E-state index in [2.05, 4.69) is 21.9 Å². The second-order valence-corrected chi connectivity index (χ2v) is 10.3. The molecule has 0 saturated carbocycles. The van der Waals surface area contributed by atoms with Crippen molar-refractivity contribution in [3.63, 3.8) is 0 Å². The number of carbonyl (C=O) groups is 2. The van der Waals surface area contributed by atoms with E-state index in [0.29, 0.717) is 57.2 Å². The summed E-state index contributed by atoms with van der Waals surface area (Å²) in [6.45, 7) is 8.79. The van der Waals surface area contributed by atoms with Gasteiger partial charge in [-0.3, -0.25) is 19.4 Å². The van der Waals surface area contributed by atoms with Gasteiger partial charge in [0.1, 0.15) is 17.2 Å².